The zero-order valence-corrected chi connectivity index (χ0v) is 11.3. The topological polar surface area (TPSA) is 50.9 Å². The van der Waals surface area contributed by atoms with Crippen LogP contribution >= 0.6 is 23.2 Å². The number of nitrogen functional groups attached to an aromatic ring is 1. The number of nitrogens with two attached hydrogens (primary N) is 1. The molecule has 94 valence electrons. The largest absolute Gasteiger partial charge is 0.399 e. The molecule has 18 heavy (non-hydrogen) atoms. The highest BCUT2D eigenvalue weighted by atomic mass is 35.5. The smallest absolute Gasteiger partial charge is 0.0725 e. The average Bonchev–Trinajstić information content (AvgIpc) is 2.34. The number of hydrogen-bond donors (Lipinski definition) is 2. The fraction of sp³-hybridized carbons (Fsp3) is 0.154. The third-order valence-electron chi connectivity index (χ3n) is 2.56. The Morgan fingerprint density at radius 2 is 1.89 bits per heavy atom. The summed E-state index contributed by atoms with van der Waals surface area (Å²) in [7, 11) is 0. The molecule has 3 nitrogen and oxygen atoms in total. The molecule has 1 unspecified atom stereocenters. The molecule has 1 aromatic carbocycles. The van der Waals surface area contributed by atoms with Gasteiger partial charge in [0.2, 0.25) is 0 Å². The van der Waals surface area contributed by atoms with Crippen LogP contribution in [0.25, 0.3) is 0 Å². The lowest BCUT2D eigenvalue weighted by atomic mass is 10.2. The second kappa shape index (κ2) is 5.46. The van der Waals surface area contributed by atoms with E-state index in [-0.39, 0.29) is 6.04 Å². The van der Waals surface area contributed by atoms with Gasteiger partial charge in [0.25, 0.3) is 0 Å². The summed E-state index contributed by atoms with van der Waals surface area (Å²) < 4.78 is 0. The van der Waals surface area contributed by atoms with Gasteiger partial charge in [-0.3, -0.25) is 4.98 Å². The number of halogens is 2. The van der Waals surface area contributed by atoms with Crippen molar-refractivity contribution in [1.29, 1.82) is 0 Å². The summed E-state index contributed by atoms with van der Waals surface area (Å²) in [6.07, 6.45) is 1.75. The fourth-order valence-corrected chi connectivity index (χ4v) is 2.27. The maximum absolute atomic E-state index is 6.12. The van der Waals surface area contributed by atoms with Gasteiger partial charge in [-0.25, -0.2) is 0 Å². The molecular weight excluding hydrogens is 269 g/mol. The Morgan fingerprint density at radius 1 is 1.22 bits per heavy atom. The van der Waals surface area contributed by atoms with Crippen molar-refractivity contribution < 1.29 is 0 Å². The highest BCUT2D eigenvalue weighted by Crippen LogP contribution is 2.34. The van der Waals surface area contributed by atoms with Crippen LogP contribution in [0.4, 0.5) is 11.4 Å². The third-order valence-corrected chi connectivity index (χ3v) is 3.15. The van der Waals surface area contributed by atoms with E-state index in [1.807, 2.05) is 25.1 Å². The number of rotatable bonds is 3. The molecule has 3 N–H and O–H groups in total. The zero-order valence-electron chi connectivity index (χ0n) is 9.82. The Balaban J connectivity index is 2.25. The van der Waals surface area contributed by atoms with E-state index in [0.717, 1.165) is 5.69 Å². The molecule has 0 amide bonds. The molecule has 0 saturated carbocycles. The highest BCUT2D eigenvalue weighted by molar-refractivity contribution is 6.39. The summed E-state index contributed by atoms with van der Waals surface area (Å²) in [4.78, 5) is 4.28. The number of benzene rings is 1. The second-order valence-corrected chi connectivity index (χ2v) is 4.79. The monoisotopic (exact) mass is 281 g/mol. The Bertz CT molecular complexity index is 520. The third kappa shape index (κ3) is 2.86. The summed E-state index contributed by atoms with van der Waals surface area (Å²) in [6, 6.07) is 9.09. The van der Waals surface area contributed by atoms with Crippen LogP contribution in [0.1, 0.15) is 18.7 Å². The van der Waals surface area contributed by atoms with Crippen molar-refractivity contribution in [3.8, 4) is 0 Å². The van der Waals surface area contributed by atoms with E-state index in [1.54, 1.807) is 18.3 Å². The molecule has 0 spiro atoms. The molecule has 1 aromatic heterocycles. The minimum Gasteiger partial charge on any atom is -0.399 e. The Kier molecular flexibility index (Phi) is 3.94. The van der Waals surface area contributed by atoms with Crippen LogP contribution in [0.3, 0.4) is 0 Å². The van der Waals surface area contributed by atoms with Crippen molar-refractivity contribution >= 4 is 34.6 Å². The predicted octanol–water partition coefficient (Wildman–Crippen LogP) is 4.14. The van der Waals surface area contributed by atoms with Crippen molar-refractivity contribution in [2.45, 2.75) is 13.0 Å². The highest BCUT2D eigenvalue weighted by Gasteiger charge is 2.12. The van der Waals surface area contributed by atoms with Crippen LogP contribution in [0.2, 0.25) is 10.0 Å². The van der Waals surface area contributed by atoms with E-state index >= 15 is 0 Å². The van der Waals surface area contributed by atoms with Gasteiger partial charge >= 0.3 is 0 Å². The van der Waals surface area contributed by atoms with Gasteiger partial charge in [0.1, 0.15) is 0 Å². The molecule has 0 bridgehead atoms. The molecular formula is C13H13Cl2N3. The zero-order chi connectivity index (χ0) is 13.1. The van der Waals surface area contributed by atoms with E-state index in [2.05, 4.69) is 10.3 Å². The number of nitrogens with zero attached hydrogens (tertiary/aromatic N) is 1. The maximum atomic E-state index is 6.12. The van der Waals surface area contributed by atoms with Gasteiger partial charge in [0.05, 0.1) is 27.5 Å². The average molecular weight is 282 g/mol. The Labute approximate surface area is 116 Å². The van der Waals surface area contributed by atoms with Crippen molar-refractivity contribution in [3.05, 3.63) is 52.3 Å². The lowest BCUT2D eigenvalue weighted by Crippen LogP contribution is -2.09. The molecule has 0 aliphatic heterocycles. The van der Waals surface area contributed by atoms with Gasteiger partial charge in [0, 0.05) is 11.9 Å². The fourth-order valence-electron chi connectivity index (χ4n) is 1.65. The maximum Gasteiger partial charge on any atom is 0.0725 e. The van der Waals surface area contributed by atoms with E-state index in [0.29, 0.717) is 21.4 Å². The van der Waals surface area contributed by atoms with E-state index in [9.17, 15) is 0 Å². The van der Waals surface area contributed by atoms with Crippen molar-refractivity contribution in [2.75, 3.05) is 11.1 Å². The summed E-state index contributed by atoms with van der Waals surface area (Å²) in [5.41, 5.74) is 7.79. The number of hydrogen-bond acceptors (Lipinski definition) is 3. The first kappa shape index (κ1) is 13.0. The molecule has 2 rings (SSSR count). The molecule has 0 saturated heterocycles. The number of aromatic nitrogens is 1. The van der Waals surface area contributed by atoms with Crippen LogP contribution < -0.4 is 11.1 Å². The minimum absolute atomic E-state index is 0.00447. The molecule has 5 heteroatoms. The molecule has 1 heterocycles. The lowest BCUT2D eigenvalue weighted by molar-refractivity contribution is 0.839. The second-order valence-electron chi connectivity index (χ2n) is 3.98. The van der Waals surface area contributed by atoms with E-state index in [4.69, 9.17) is 28.9 Å². The number of anilines is 2. The summed E-state index contributed by atoms with van der Waals surface area (Å²) >= 11 is 12.2. The van der Waals surface area contributed by atoms with Crippen molar-refractivity contribution in [2.24, 2.45) is 0 Å². The minimum atomic E-state index is 0.00447. The van der Waals surface area contributed by atoms with Crippen molar-refractivity contribution in [3.63, 3.8) is 0 Å². The van der Waals surface area contributed by atoms with Crippen LogP contribution in [0, 0.1) is 0 Å². The van der Waals surface area contributed by atoms with Crippen LogP contribution in [0.5, 0.6) is 0 Å². The van der Waals surface area contributed by atoms with Crippen LogP contribution in [-0.4, -0.2) is 4.98 Å². The molecule has 1 atom stereocenters. The lowest BCUT2D eigenvalue weighted by Gasteiger charge is -2.17. The van der Waals surface area contributed by atoms with Gasteiger partial charge < -0.3 is 11.1 Å². The summed E-state index contributed by atoms with van der Waals surface area (Å²) in [5.74, 6) is 0. The van der Waals surface area contributed by atoms with E-state index in [1.165, 1.54) is 0 Å². The van der Waals surface area contributed by atoms with Gasteiger partial charge in [-0.2, -0.15) is 0 Å². The number of pyridine rings is 1. The summed E-state index contributed by atoms with van der Waals surface area (Å²) in [5, 5.41) is 4.25. The first-order valence-electron chi connectivity index (χ1n) is 5.50. The van der Waals surface area contributed by atoms with Crippen molar-refractivity contribution in [1.82, 2.24) is 4.98 Å². The Hall–Kier alpha value is -1.45. The van der Waals surface area contributed by atoms with Crippen LogP contribution in [0.15, 0.2) is 36.5 Å². The number of nitrogens with one attached hydrogen (secondary N) is 1. The van der Waals surface area contributed by atoms with Gasteiger partial charge in [-0.05, 0) is 31.2 Å². The van der Waals surface area contributed by atoms with Gasteiger partial charge in [0.15, 0.2) is 0 Å². The SMILES string of the molecule is CC(Nc1c(Cl)cc(N)cc1Cl)c1ccccn1. The molecule has 0 aliphatic rings. The first-order valence-corrected chi connectivity index (χ1v) is 6.25. The predicted molar refractivity (Wildman–Crippen MR) is 77.1 cm³/mol. The Morgan fingerprint density at radius 3 is 2.44 bits per heavy atom. The van der Waals surface area contributed by atoms with Gasteiger partial charge in [-0.1, -0.05) is 29.3 Å². The summed E-state index contributed by atoms with van der Waals surface area (Å²) in [6.45, 7) is 1.99. The quantitative estimate of drug-likeness (QED) is 0.832. The van der Waals surface area contributed by atoms with Gasteiger partial charge in [-0.15, -0.1) is 0 Å². The molecule has 2 aromatic rings. The van der Waals surface area contributed by atoms with E-state index < -0.39 is 0 Å². The first-order chi connectivity index (χ1) is 8.58. The molecule has 0 aliphatic carbocycles. The normalized spacial score (nSPS) is 12.2. The van der Waals surface area contributed by atoms with Crippen LogP contribution in [-0.2, 0) is 0 Å². The molecule has 0 radical (unpaired) electrons. The molecule has 0 fully saturated rings. The standard InChI is InChI=1S/C13H13Cl2N3/c1-8(12-4-2-3-5-17-12)18-13-10(14)6-9(16)7-11(13)15/h2-8,18H,16H2,1H3.